The second kappa shape index (κ2) is 4.64. The summed E-state index contributed by atoms with van der Waals surface area (Å²) in [4.78, 5) is 20.4. The number of esters is 1. The van der Waals surface area contributed by atoms with Crippen molar-refractivity contribution in [1.82, 2.24) is 9.97 Å². The first kappa shape index (κ1) is 12.1. The van der Waals surface area contributed by atoms with Crippen LogP contribution in [0.3, 0.4) is 0 Å². The van der Waals surface area contributed by atoms with E-state index in [9.17, 15) is 4.79 Å². The van der Waals surface area contributed by atoms with Gasteiger partial charge >= 0.3 is 5.97 Å². The molecule has 3 aromatic rings. The van der Waals surface area contributed by atoms with Gasteiger partial charge in [0.05, 0.1) is 27.2 Å². The first-order chi connectivity index (χ1) is 9.19. The first-order valence-corrected chi connectivity index (χ1v) is 6.47. The van der Waals surface area contributed by atoms with Gasteiger partial charge in [-0.3, -0.25) is 4.98 Å². The van der Waals surface area contributed by atoms with Crippen LogP contribution in [0, 0.1) is 0 Å². The molecule has 0 radical (unpaired) electrons. The monoisotopic (exact) mass is 294 g/mol. The van der Waals surface area contributed by atoms with Crippen molar-refractivity contribution in [1.29, 1.82) is 0 Å². The van der Waals surface area contributed by atoms with Crippen LogP contribution >= 0.6 is 22.9 Å². The lowest BCUT2D eigenvalue weighted by molar-refractivity contribution is 0.0594. The smallest absolute Gasteiger partial charge is 0.360 e. The van der Waals surface area contributed by atoms with Gasteiger partial charge in [-0.1, -0.05) is 11.6 Å². The number of hydrogen-bond acceptors (Lipinski definition) is 6. The van der Waals surface area contributed by atoms with Crippen molar-refractivity contribution in [3.8, 4) is 10.8 Å². The number of rotatable bonds is 2. The quantitative estimate of drug-likeness (QED) is 0.678. The molecule has 5 nitrogen and oxygen atoms in total. The Balaban J connectivity index is 2.07. The van der Waals surface area contributed by atoms with Crippen molar-refractivity contribution in [2.45, 2.75) is 0 Å². The van der Waals surface area contributed by atoms with Crippen molar-refractivity contribution >= 4 is 39.1 Å². The van der Waals surface area contributed by atoms with Gasteiger partial charge in [0.2, 0.25) is 5.89 Å². The van der Waals surface area contributed by atoms with Gasteiger partial charge in [-0.15, -0.1) is 11.3 Å². The SMILES string of the molecule is COC(=O)c1coc(-c2cc3nccc(Cl)c3s2)n1. The van der Waals surface area contributed by atoms with Crippen LogP contribution in [0.15, 0.2) is 29.0 Å². The first-order valence-electron chi connectivity index (χ1n) is 5.27. The highest BCUT2D eigenvalue weighted by atomic mass is 35.5. The zero-order chi connectivity index (χ0) is 13.4. The minimum absolute atomic E-state index is 0.133. The predicted octanol–water partition coefficient (Wildman–Crippen LogP) is 3.39. The lowest BCUT2D eigenvalue weighted by Gasteiger charge is -1.89. The van der Waals surface area contributed by atoms with Gasteiger partial charge in [0, 0.05) is 6.20 Å². The Bertz CT molecular complexity index is 765. The lowest BCUT2D eigenvalue weighted by Crippen LogP contribution is -2.00. The third kappa shape index (κ3) is 2.09. The number of ether oxygens (including phenoxy) is 1. The highest BCUT2D eigenvalue weighted by Gasteiger charge is 2.16. The third-order valence-electron chi connectivity index (χ3n) is 2.47. The number of oxazole rings is 1. The molecule has 0 saturated carbocycles. The summed E-state index contributed by atoms with van der Waals surface area (Å²) in [5.74, 6) is -0.188. The fourth-order valence-corrected chi connectivity index (χ4v) is 2.82. The van der Waals surface area contributed by atoms with Crippen LogP contribution in [0.2, 0.25) is 5.02 Å². The summed E-state index contributed by atoms with van der Waals surface area (Å²) >= 11 is 7.49. The predicted molar refractivity (Wildman–Crippen MR) is 71.5 cm³/mol. The number of nitrogens with zero attached hydrogens (tertiary/aromatic N) is 2. The Labute approximate surface area is 116 Å². The minimum Gasteiger partial charge on any atom is -0.464 e. The maximum atomic E-state index is 11.3. The van der Waals surface area contributed by atoms with E-state index in [1.807, 2.05) is 6.07 Å². The van der Waals surface area contributed by atoms with E-state index < -0.39 is 5.97 Å². The summed E-state index contributed by atoms with van der Waals surface area (Å²) in [6.45, 7) is 0. The lowest BCUT2D eigenvalue weighted by atomic mass is 10.3. The van der Waals surface area contributed by atoms with Gasteiger partial charge in [0.15, 0.2) is 5.69 Å². The summed E-state index contributed by atoms with van der Waals surface area (Å²) in [7, 11) is 1.29. The maximum absolute atomic E-state index is 11.3. The average Bonchev–Trinajstić information content (AvgIpc) is 3.04. The molecule has 0 aromatic carbocycles. The summed E-state index contributed by atoms with van der Waals surface area (Å²) in [6.07, 6.45) is 2.90. The molecule has 0 atom stereocenters. The number of pyridine rings is 1. The number of methoxy groups -OCH3 is 1. The fourth-order valence-electron chi connectivity index (χ4n) is 1.60. The molecule has 0 saturated heterocycles. The van der Waals surface area contributed by atoms with Gasteiger partial charge in [0.25, 0.3) is 0 Å². The second-order valence-corrected chi connectivity index (χ2v) is 5.11. The second-order valence-electron chi connectivity index (χ2n) is 3.65. The molecule has 0 aliphatic heterocycles. The Hall–Kier alpha value is -1.92. The van der Waals surface area contributed by atoms with Crippen LogP contribution in [0.5, 0.6) is 0 Å². The normalized spacial score (nSPS) is 10.8. The van der Waals surface area contributed by atoms with Crippen LogP contribution in [0.4, 0.5) is 0 Å². The molecule has 0 spiro atoms. The van der Waals surface area contributed by atoms with E-state index in [1.54, 1.807) is 12.3 Å². The van der Waals surface area contributed by atoms with Gasteiger partial charge < -0.3 is 9.15 Å². The Morgan fingerprint density at radius 3 is 3.11 bits per heavy atom. The van der Waals surface area contributed by atoms with Crippen molar-refractivity contribution in [3.63, 3.8) is 0 Å². The largest absolute Gasteiger partial charge is 0.464 e. The molecule has 3 rings (SSSR count). The Kier molecular flexibility index (Phi) is 2.96. The average molecular weight is 295 g/mol. The summed E-state index contributed by atoms with van der Waals surface area (Å²) in [5, 5.41) is 0.626. The molecule has 3 aromatic heterocycles. The van der Waals surface area contributed by atoms with Gasteiger partial charge in [-0.25, -0.2) is 9.78 Å². The van der Waals surface area contributed by atoms with Crippen molar-refractivity contribution < 1.29 is 13.9 Å². The van der Waals surface area contributed by atoms with Crippen LogP contribution in [-0.2, 0) is 4.74 Å². The van der Waals surface area contributed by atoms with Crippen LogP contribution in [0.25, 0.3) is 21.0 Å². The third-order valence-corrected chi connectivity index (χ3v) is 4.05. The fraction of sp³-hybridized carbons (Fsp3) is 0.0833. The van der Waals surface area contributed by atoms with E-state index in [0.717, 1.165) is 15.1 Å². The number of carbonyl (C=O) groups excluding carboxylic acids is 1. The van der Waals surface area contributed by atoms with Gasteiger partial charge in [-0.05, 0) is 12.1 Å². The van der Waals surface area contributed by atoms with E-state index in [1.165, 1.54) is 24.7 Å². The van der Waals surface area contributed by atoms with E-state index in [0.29, 0.717) is 10.9 Å². The topological polar surface area (TPSA) is 65.2 Å². The number of hydrogen-bond donors (Lipinski definition) is 0. The van der Waals surface area contributed by atoms with Crippen LogP contribution in [-0.4, -0.2) is 23.0 Å². The molecule has 0 unspecified atom stereocenters. The zero-order valence-electron chi connectivity index (χ0n) is 9.71. The van der Waals surface area contributed by atoms with Gasteiger partial charge in [-0.2, -0.15) is 0 Å². The van der Waals surface area contributed by atoms with E-state index in [-0.39, 0.29) is 5.69 Å². The van der Waals surface area contributed by atoms with E-state index in [4.69, 9.17) is 16.0 Å². The molecule has 96 valence electrons. The summed E-state index contributed by atoms with van der Waals surface area (Å²) in [5.41, 5.74) is 0.902. The molecule has 0 bridgehead atoms. The molecule has 3 heterocycles. The number of fused-ring (bicyclic) bond motifs is 1. The molecule has 19 heavy (non-hydrogen) atoms. The number of carbonyl (C=O) groups is 1. The van der Waals surface area contributed by atoms with Crippen molar-refractivity contribution in [2.24, 2.45) is 0 Å². The minimum atomic E-state index is -0.535. The standard InChI is InChI=1S/C12H7ClN2O3S/c1-17-12(16)8-5-18-11(15-8)9-4-7-10(19-9)6(13)2-3-14-7/h2-5H,1H3. The molecular formula is C12H7ClN2O3S. The van der Waals surface area contributed by atoms with Crippen molar-refractivity contribution in [3.05, 3.63) is 35.3 Å². The van der Waals surface area contributed by atoms with E-state index in [2.05, 4.69) is 14.7 Å². The molecule has 0 aliphatic carbocycles. The van der Waals surface area contributed by atoms with E-state index >= 15 is 0 Å². The molecule has 7 heteroatoms. The summed E-state index contributed by atoms with van der Waals surface area (Å²) < 4.78 is 10.7. The van der Waals surface area contributed by atoms with Crippen LogP contribution < -0.4 is 0 Å². The Morgan fingerprint density at radius 2 is 2.37 bits per heavy atom. The molecule has 0 fully saturated rings. The number of aromatic nitrogens is 2. The van der Waals surface area contributed by atoms with Crippen molar-refractivity contribution in [2.75, 3.05) is 7.11 Å². The Morgan fingerprint density at radius 1 is 1.53 bits per heavy atom. The van der Waals surface area contributed by atoms with Gasteiger partial charge in [0.1, 0.15) is 6.26 Å². The number of thiophene rings is 1. The highest BCUT2D eigenvalue weighted by Crippen LogP contribution is 2.35. The highest BCUT2D eigenvalue weighted by molar-refractivity contribution is 7.22. The van der Waals surface area contributed by atoms with Crippen LogP contribution in [0.1, 0.15) is 10.5 Å². The molecule has 0 N–H and O–H groups in total. The molecule has 0 amide bonds. The zero-order valence-corrected chi connectivity index (χ0v) is 11.3. The number of halogens is 1. The molecule has 0 aliphatic rings. The molecular weight excluding hydrogens is 288 g/mol. The summed E-state index contributed by atoms with van der Waals surface area (Å²) in [6, 6.07) is 3.54. The maximum Gasteiger partial charge on any atom is 0.360 e.